The highest BCUT2D eigenvalue weighted by atomic mass is 16.7. The fourth-order valence-electron chi connectivity index (χ4n) is 13.5. The summed E-state index contributed by atoms with van der Waals surface area (Å²) >= 11 is 0. The van der Waals surface area contributed by atoms with Crippen LogP contribution >= 0.6 is 0 Å². The molecule has 5 saturated carbocycles. The van der Waals surface area contributed by atoms with Crippen LogP contribution in [0.2, 0.25) is 0 Å². The summed E-state index contributed by atoms with van der Waals surface area (Å²) in [7, 11) is 0. The van der Waals surface area contributed by atoms with E-state index in [1.807, 2.05) is 0 Å². The van der Waals surface area contributed by atoms with Gasteiger partial charge in [-0.25, -0.2) is 0 Å². The smallest absolute Gasteiger partial charge is 0.170 e. The Hall–Kier alpha value is -0.360. The normalized spacial score (nSPS) is 54.9. The quantitative estimate of drug-likeness (QED) is 0.362. The Morgan fingerprint density at radius 1 is 1.02 bits per heavy atom. The Balaban J connectivity index is 1.03. The third-order valence-electron chi connectivity index (χ3n) is 16.0. The maximum Gasteiger partial charge on any atom is 0.170 e. The predicted molar refractivity (Wildman–Crippen MR) is 170 cm³/mol. The van der Waals surface area contributed by atoms with Gasteiger partial charge in [-0.05, 0) is 111 Å². The molecule has 8 aliphatic rings. The van der Waals surface area contributed by atoms with Crippen molar-refractivity contribution < 1.29 is 29.2 Å². The summed E-state index contributed by atoms with van der Waals surface area (Å²) in [5.41, 5.74) is 12.9. The van der Waals surface area contributed by atoms with E-state index in [0.29, 0.717) is 17.9 Å². The lowest BCUT2D eigenvalue weighted by Gasteiger charge is -2.63. The van der Waals surface area contributed by atoms with Gasteiger partial charge in [-0.15, -0.1) is 0 Å². The number of nitrogens with two attached hydrogens (primary N) is 2. The average molecular weight is 632 g/mol. The van der Waals surface area contributed by atoms with E-state index in [0.717, 1.165) is 65.0 Å². The van der Waals surface area contributed by atoms with Crippen molar-refractivity contribution in [1.82, 2.24) is 4.90 Å². The molecule has 3 saturated heterocycles. The summed E-state index contributed by atoms with van der Waals surface area (Å²) < 4.78 is 25.2. The van der Waals surface area contributed by atoms with Gasteiger partial charge in [-0.3, -0.25) is 4.90 Å². The monoisotopic (exact) mass is 631 g/mol. The van der Waals surface area contributed by atoms with Crippen LogP contribution in [-0.2, 0) is 18.9 Å². The zero-order valence-corrected chi connectivity index (χ0v) is 28.7. The van der Waals surface area contributed by atoms with Crippen LogP contribution in [0.1, 0.15) is 92.9 Å². The number of hydrogen-bond acceptors (Lipinski definition) is 9. The van der Waals surface area contributed by atoms with Crippen LogP contribution in [0.25, 0.3) is 0 Å². The second-order valence-corrected chi connectivity index (χ2v) is 18.5. The second kappa shape index (κ2) is 10.1. The molecule has 8 fully saturated rings. The van der Waals surface area contributed by atoms with Crippen LogP contribution in [0.4, 0.5) is 0 Å². The molecule has 9 heteroatoms. The SMILES string of the molecule is C[C@@H]1CC([C@H](N)C(C)(C)O)O[C@H]2[C@H]1C1(C)CCC34CC35CC[C@H](OC3CN(C6COC6)CCO3)C(C)(C)[C@@H]5CCC4[C@]1(N)[C@H]2O. The number of hydrogen-bond donors (Lipinski definition) is 4. The topological polar surface area (TPSA) is 133 Å². The maximum absolute atomic E-state index is 12.3. The molecule has 45 heavy (non-hydrogen) atoms. The molecule has 14 atom stereocenters. The van der Waals surface area contributed by atoms with Crippen LogP contribution in [-0.4, -0.2) is 102 Å². The van der Waals surface area contributed by atoms with Crippen LogP contribution in [0, 0.1) is 45.3 Å². The van der Waals surface area contributed by atoms with Crippen molar-refractivity contribution in [3.63, 3.8) is 0 Å². The summed E-state index contributed by atoms with van der Waals surface area (Å²) in [5, 5.41) is 23.1. The van der Waals surface area contributed by atoms with Gasteiger partial charge >= 0.3 is 0 Å². The summed E-state index contributed by atoms with van der Waals surface area (Å²) in [6.07, 6.45) is 7.34. The van der Waals surface area contributed by atoms with Crippen LogP contribution in [0.3, 0.4) is 0 Å². The Kier molecular flexibility index (Phi) is 7.15. The van der Waals surface area contributed by atoms with Crippen LogP contribution < -0.4 is 11.5 Å². The Morgan fingerprint density at radius 2 is 1.73 bits per heavy atom. The number of ether oxygens (including phenoxy) is 4. The minimum atomic E-state index is -1.05. The van der Waals surface area contributed by atoms with E-state index >= 15 is 0 Å². The van der Waals surface area contributed by atoms with Gasteiger partial charge in [-0.1, -0.05) is 27.7 Å². The molecule has 6 unspecified atom stereocenters. The largest absolute Gasteiger partial charge is 0.389 e. The molecule has 0 aromatic rings. The van der Waals surface area contributed by atoms with Crippen molar-refractivity contribution in [3.05, 3.63) is 0 Å². The molecular formula is C36H61N3O6. The van der Waals surface area contributed by atoms with E-state index in [4.69, 9.17) is 30.4 Å². The first-order valence-electron chi connectivity index (χ1n) is 18.3. The first-order chi connectivity index (χ1) is 21.1. The van der Waals surface area contributed by atoms with E-state index in [1.165, 1.54) is 19.3 Å². The molecule has 3 aliphatic heterocycles. The fraction of sp³-hybridized carbons (Fsp3) is 1.00. The standard InChI is InChI=1S/C36H61N3O6/c1-20-15-22(29(37)32(4,5)41)44-28-27(20)33(6)11-12-35-19-34(35)10-9-25(45-26-16-39(13-14-43-26)21-17-42-18-21)31(2,3)23(34)7-8-24(35)36(33,38)30(28)40/h20-30,40-41H,7-19,37-38H2,1-6H3/t20-,22?,23+,24?,25+,26?,27+,28+,29+,30+,33?,34?,35?,36+/m1/s1. The Labute approximate surface area is 270 Å². The zero-order valence-electron chi connectivity index (χ0n) is 28.7. The first-order valence-corrected chi connectivity index (χ1v) is 18.3. The van der Waals surface area contributed by atoms with E-state index in [2.05, 4.69) is 32.6 Å². The maximum atomic E-state index is 12.3. The average Bonchev–Trinajstić information content (AvgIpc) is 3.57. The zero-order chi connectivity index (χ0) is 31.9. The molecule has 8 rings (SSSR count). The molecule has 0 radical (unpaired) electrons. The molecule has 5 aliphatic carbocycles. The molecule has 0 amide bonds. The van der Waals surface area contributed by atoms with Crippen molar-refractivity contribution in [1.29, 1.82) is 0 Å². The van der Waals surface area contributed by atoms with Gasteiger partial charge in [0, 0.05) is 6.54 Å². The highest BCUT2D eigenvalue weighted by Gasteiger charge is 2.85. The minimum absolute atomic E-state index is 0.0425. The summed E-state index contributed by atoms with van der Waals surface area (Å²) in [5.74, 6) is 1.37. The third kappa shape index (κ3) is 4.11. The van der Waals surface area contributed by atoms with Crippen molar-refractivity contribution in [2.24, 2.45) is 56.8 Å². The van der Waals surface area contributed by atoms with E-state index < -0.39 is 23.3 Å². The van der Waals surface area contributed by atoms with Crippen molar-refractivity contribution >= 4 is 0 Å². The van der Waals surface area contributed by atoms with Gasteiger partial charge in [0.15, 0.2) is 6.29 Å². The van der Waals surface area contributed by atoms with Gasteiger partial charge in [0.2, 0.25) is 0 Å². The van der Waals surface area contributed by atoms with E-state index in [9.17, 15) is 10.2 Å². The number of nitrogens with zero attached hydrogens (tertiary/aromatic N) is 1. The van der Waals surface area contributed by atoms with Crippen LogP contribution in [0.5, 0.6) is 0 Å². The molecular weight excluding hydrogens is 570 g/mol. The van der Waals surface area contributed by atoms with Crippen molar-refractivity contribution in [3.8, 4) is 0 Å². The Morgan fingerprint density at radius 3 is 2.42 bits per heavy atom. The lowest BCUT2D eigenvalue weighted by molar-refractivity contribution is -0.254. The lowest BCUT2D eigenvalue weighted by atomic mass is 9.43. The number of aliphatic hydroxyl groups is 2. The molecule has 0 bridgehead atoms. The van der Waals surface area contributed by atoms with E-state index in [1.54, 1.807) is 13.8 Å². The molecule has 0 aromatic carbocycles. The van der Waals surface area contributed by atoms with E-state index in [-0.39, 0.29) is 58.1 Å². The minimum Gasteiger partial charge on any atom is -0.389 e. The van der Waals surface area contributed by atoms with Crippen molar-refractivity contribution in [2.75, 3.05) is 32.9 Å². The number of rotatable bonds is 5. The third-order valence-corrected chi connectivity index (χ3v) is 16.0. The number of aliphatic hydroxyl groups excluding tert-OH is 1. The number of morpholine rings is 1. The predicted octanol–water partition coefficient (Wildman–Crippen LogP) is 3.03. The van der Waals surface area contributed by atoms with Gasteiger partial charge in [0.1, 0.15) is 0 Å². The molecule has 256 valence electrons. The molecule has 2 spiro atoms. The molecule has 3 heterocycles. The number of fused-ring (bicyclic) bond motifs is 4. The van der Waals surface area contributed by atoms with Gasteiger partial charge in [-0.2, -0.15) is 0 Å². The van der Waals surface area contributed by atoms with Crippen molar-refractivity contribution in [2.45, 2.75) is 147 Å². The molecule has 0 aromatic heterocycles. The molecule has 6 N–H and O–H groups in total. The van der Waals surface area contributed by atoms with Gasteiger partial charge in [0.05, 0.1) is 74.0 Å². The van der Waals surface area contributed by atoms with Gasteiger partial charge in [0.25, 0.3) is 0 Å². The highest BCUT2D eigenvalue weighted by Crippen LogP contribution is 2.87. The Bertz CT molecular complexity index is 1180. The highest BCUT2D eigenvalue weighted by molar-refractivity contribution is 5.35. The summed E-state index contributed by atoms with van der Waals surface area (Å²) in [4.78, 5) is 2.49. The molecule has 9 nitrogen and oxygen atoms in total. The van der Waals surface area contributed by atoms with Crippen LogP contribution in [0.15, 0.2) is 0 Å². The first kappa shape index (κ1) is 31.9. The summed E-state index contributed by atoms with van der Waals surface area (Å²) in [6.45, 7) is 17.3. The summed E-state index contributed by atoms with van der Waals surface area (Å²) in [6, 6.07) is -0.00297. The lowest BCUT2D eigenvalue weighted by Crippen LogP contribution is -2.70. The fourth-order valence-corrected chi connectivity index (χ4v) is 13.5. The second-order valence-electron chi connectivity index (χ2n) is 18.5. The van der Waals surface area contributed by atoms with Gasteiger partial charge < -0.3 is 40.6 Å².